The second-order valence-electron chi connectivity index (χ2n) is 7.28. The molecule has 1 aromatic rings. The summed E-state index contributed by atoms with van der Waals surface area (Å²) in [6.45, 7) is 12.0. The first-order valence-corrected chi connectivity index (χ1v) is 8.35. The number of benzene rings is 1. The molecular formula is C17H26Cl2N2O2. The Morgan fingerprint density at radius 1 is 1.17 bits per heavy atom. The largest absolute Gasteiger partial charge is 0.444 e. The van der Waals surface area contributed by atoms with Crippen LogP contribution in [0.25, 0.3) is 0 Å². The fraction of sp³-hybridized carbons (Fsp3) is 0.588. The quantitative estimate of drug-likeness (QED) is 0.780. The molecule has 4 nitrogen and oxygen atoms in total. The van der Waals surface area contributed by atoms with E-state index in [1.165, 1.54) is 0 Å². The van der Waals surface area contributed by atoms with E-state index in [4.69, 9.17) is 27.9 Å². The summed E-state index contributed by atoms with van der Waals surface area (Å²) in [6, 6.07) is 5.62. The van der Waals surface area contributed by atoms with Crippen LogP contribution in [0.1, 0.15) is 53.1 Å². The molecule has 1 aromatic carbocycles. The predicted octanol–water partition coefficient (Wildman–Crippen LogP) is 4.95. The van der Waals surface area contributed by atoms with Crippen LogP contribution in [0.15, 0.2) is 18.2 Å². The summed E-state index contributed by atoms with van der Waals surface area (Å²) >= 11 is 12.0. The number of carbonyl (C=O) groups excluding carboxylic acids is 1. The van der Waals surface area contributed by atoms with Crippen LogP contribution in [0, 0.1) is 0 Å². The lowest BCUT2D eigenvalue weighted by Gasteiger charge is -2.31. The summed E-state index contributed by atoms with van der Waals surface area (Å²) in [5.41, 5.74) is 0.210. The average Bonchev–Trinajstić information content (AvgIpc) is 2.37. The third-order valence-corrected chi connectivity index (χ3v) is 3.86. The second kappa shape index (κ2) is 7.73. The van der Waals surface area contributed by atoms with Crippen LogP contribution < -0.4 is 10.6 Å². The highest BCUT2D eigenvalue weighted by Gasteiger charge is 2.23. The molecule has 0 fully saturated rings. The van der Waals surface area contributed by atoms with Gasteiger partial charge in [-0.2, -0.15) is 0 Å². The summed E-state index contributed by atoms with van der Waals surface area (Å²) in [5.74, 6) is 0. The van der Waals surface area contributed by atoms with Crippen LogP contribution in [0.2, 0.25) is 10.0 Å². The number of halogens is 2. The van der Waals surface area contributed by atoms with Crippen LogP contribution in [0.3, 0.4) is 0 Å². The lowest BCUT2D eigenvalue weighted by Crippen LogP contribution is -2.50. The molecular weight excluding hydrogens is 335 g/mol. The van der Waals surface area contributed by atoms with Gasteiger partial charge in [0.1, 0.15) is 5.60 Å². The van der Waals surface area contributed by atoms with Crippen LogP contribution >= 0.6 is 23.2 Å². The molecule has 23 heavy (non-hydrogen) atoms. The minimum absolute atomic E-state index is 0.0557. The minimum atomic E-state index is -0.505. The summed E-state index contributed by atoms with van der Waals surface area (Å²) < 4.78 is 5.24. The summed E-state index contributed by atoms with van der Waals surface area (Å²) in [4.78, 5) is 11.8. The Balaban J connectivity index is 2.59. The molecule has 0 aliphatic carbocycles. The van der Waals surface area contributed by atoms with Gasteiger partial charge in [0.25, 0.3) is 0 Å². The molecule has 2 N–H and O–H groups in total. The maximum absolute atomic E-state index is 11.8. The predicted molar refractivity (Wildman–Crippen MR) is 96.3 cm³/mol. The summed E-state index contributed by atoms with van der Waals surface area (Å²) in [7, 11) is 0. The smallest absolute Gasteiger partial charge is 0.407 e. The molecule has 130 valence electrons. The van der Waals surface area contributed by atoms with Gasteiger partial charge in [-0.05, 0) is 59.2 Å². The number of alkyl carbamates (subject to hydrolysis) is 1. The third kappa shape index (κ3) is 7.42. The van der Waals surface area contributed by atoms with Gasteiger partial charge in [-0.1, -0.05) is 29.3 Å². The van der Waals surface area contributed by atoms with Crippen molar-refractivity contribution in [2.45, 2.75) is 58.7 Å². The summed E-state index contributed by atoms with van der Waals surface area (Å²) in [6.07, 6.45) is -0.422. The van der Waals surface area contributed by atoms with Crippen LogP contribution in [-0.4, -0.2) is 23.8 Å². The number of carbonyl (C=O) groups is 1. The van der Waals surface area contributed by atoms with Gasteiger partial charge in [-0.15, -0.1) is 0 Å². The first-order chi connectivity index (χ1) is 10.4. The van der Waals surface area contributed by atoms with Crippen molar-refractivity contribution in [1.29, 1.82) is 0 Å². The van der Waals surface area contributed by atoms with E-state index in [-0.39, 0.29) is 11.6 Å². The van der Waals surface area contributed by atoms with Crippen LogP contribution in [-0.2, 0) is 4.74 Å². The fourth-order valence-corrected chi connectivity index (χ4v) is 2.42. The molecule has 0 aliphatic rings. The third-order valence-electron chi connectivity index (χ3n) is 3.12. The van der Waals surface area contributed by atoms with Gasteiger partial charge in [0.2, 0.25) is 0 Å². The van der Waals surface area contributed by atoms with E-state index in [9.17, 15) is 4.79 Å². The Morgan fingerprint density at radius 2 is 1.78 bits per heavy atom. The molecule has 0 radical (unpaired) electrons. The Morgan fingerprint density at radius 3 is 2.30 bits per heavy atom. The zero-order chi connectivity index (χ0) is 17.8. The molecule has 1 rings (SSSR count). The lowest BCUT2D eigenvalue weighted by molar-refractivity contribution is 0.0512. The Labute approximate surface area is 148 Å². The van der Waals surface area contributed by atoms with E-state index in [0.717, 1.165) is 5.56 Å². The number of hydrogen-bond donors (Lipinski definition) is 2. The van der Waals surface area contributed by atoms with Crippen molar-refractivity contribution < 1.29 is 9.53 Å². The first kappa shape index (κ1) is 20.1. The SMILES string of the molecule is CC(NC(C)(C)CNC(=O)OC(C)(C)C)c1ccc(Cl)c(Cl)c1. The topological polar surface area (TPSA) is 50.4 Å². The first-order valence-electron chi connectivity index (χ1n) is 7.59. The minimum Gasteiger partial charge on any atom is -0.444 e. The number of rotatable bonds is 5. The second-order valence-corrected chi connectivity index (χ2v) is 8.09. The maximum atomic E-state index is 11.8. The van der Waals surface area contributed by atoms with Crippen molar-refractivity contribution in [1.82, 2.24) is 10.6 Å². The van der Waals surface area contributed by atoms with E-state index in [0.29, 0.717) is 16.6 Å². The molecule has 0 aromatic heterocycles. The van der Waals surface area contributed by atoms with Crippen molar-refractivity contribution >= 4 is 29.3 Å². The van der Waals surface area contributed by atoms with Crippen LogP contribution in [0.4, 0.5) is 4.79 Å². The van der Waals surface area contributed by atoms with Gasteiger partial charge in [0, 0.05) is 18.1 Å². The van der Waals surface area contributed by atoms with Crippen molar-refractivity contribution in [2.75, 3.05) is 6.54 Å². The van der Waals surface area contributed by atoms with Crippen molar-refractivity contribution in [3.05, 3.63) is 33.8 Å². The molecule has 0 aliphatic heterocycles. The van der Waals surface area contributed by atoms with Crippen LogP contribution in [0.5, 0.6) is 0 Å². The summed E-state index contributed by atoms with van der Waals surface area (Å²) in [5, 5.41) is 7.32. The molecule has 1 amide bonds. The van der Waals surface area contributed by atoms with E-state index < -0.39 is 11.7 Å². The van der Waals surface area contributed by atoms with Gasteiger partial charge in [-0.25, -0.2) is 4.79 Å². The molecule has 0 spiro atoms. The molecule has 0 bridgehead atoms. The maximum Gasteiger partial charge on any atom is 0.407 e. The highest BCUT2D eigenvalue weighted by Crippen LogP contribution is 2.26. The van der Waals surface area contributed by atoms with Gasteiger partial charge >= 0.3 is 6.09 Å². The number of nitrogens with one attached hydrogen (secondary N) is 2. The Hall–Kier alpha value is -0.970. The van der Waals surface area contributed by atoms with E-state index in [1.807, 2.05) is 53.7 Å². The number of ether oxygens (including phenoxy) is 1. The van der Waals surface area contributed by atoms with Gasteiger partial charge in [-0.3, -0.25) is 0 Å². The lowest BCUT2D eigenvalue weighted by atomic mass is 10.0. The van der Waals surface area contributed by atoms with E-state index >= 15 is 0 Å². The monoisotopic (exact) mass is 360 g/mol. The normalized spacial score (nSPS) is 13.6. The molecule has 1 atom stereocenters. The number of hydrogen-bond acceptors (Lipinski definition) is 3. The number of amides is 1. The standard InChI is InChI=1S/C17H26Cl2N2O2/c1-11(12-7-8-13(18)14(19)9-12)21-17(5,6)10-20-15(22)23-16(2,3)4/h7-9,11,21H,10H2,1-6H3,(H,20,22). The molecule has 0 saturated heterocycles. The molecule has 1 unspecified atom stereocenters. The molecule has 0 heterocycles. The van der Waals surface area contributed by atoms with Crippen molar-refractivity contribution in [2.24, 2.45) is 0 Å². The van der Waals surface area contributed by atoms with E-state index in [2.05, 4.69) is 10.6 Å². The van der Waals surface area contributed by atoms with Crippen molar-refractivity contribution in [3.8, 4) is 0 Å². The van der Waals surface area contributed by atoms with Gasteiger partial charge < -0.3 is 15.4 Å². The molecule has 0 saturated carbocycles. The van der Waals surface area contributed by atoms with E-state index in [1.54, 1.807) is 6.07 Å². The Bertz CT molecular complexity index is 554. The highest BCUT2D eigenvalue weighted by atomic mass is 35.5. The van der Waals surface area contributed by atoms with Gasteiger partial charge in [0.15, 0.2) is 0 Å². The van der Waals surface area contributed by atoms with Gasteiger partial charge in [0.05, 0.1) is 10.0 Å². The zero-order valence-electron chi connectivity index (χ0n) is 14.6. The Kier molecular flexibility index (Phi) is 6.75. The highest BCUT2D eigenvalue weighted by molar-refractivity contribution is 6.42. The average molecular weight is 361 g/mol. The van der Waals surface area contributed by atoms with Crippen molar-refractivity contribution in [3.63, 3.8) is 0 Å². The molecule has 6 heteroatoms. The fourth-order valence-electron chi connectivity index (χ4n) is 2.11. The zero-order valence-corrected chi connectivity index (χ0v) is 16.1.